The number of amides is 1. The first-order chi connectivity index (χ1) is 10.9. The second-order valence-electron chi connectivity index (χ2n) is 5.23. The second kappa shape index (κ2) is 7.28. The van der Waals surface area contributed by atoms with E-state index in [9.17, 15) is 13.6 Å². The summed E-state index contributed by atoms with van der Waals surface area (Å²) >= 11 is 0. The molecule has 1 heterocycles. The van der Waals surface area contributed by atoms with Gasteiger partial charge in [-0.05, 0) is 25.1 Å². The first-order valence-corrected chi connectivity index (χ1v) is 7.17. The Morgan fingerprint density at radius 3 is 2.74 bits per heavy atom. The molecule has 0 spiro atoms. The molecule has 0 radical (unpaired) electrons. The highest BCUT2D eigenvalue weighted by atomic mass is 19.2. The molecule has 23 heavy (non-hydrogen) atoms. The fraction of sp³-hybridized carbons (Fsp3) is 0.400. The van der Waals surface area contributed by atoms with Gasteiger partial charge in [0.15, 0.2) is 17.5 Å². The molecule has 124 valence electrons. The van der Waals surface area contributed by atoms with Gasteiger partial charge in [0.25, 0.3) is 0 Å². The smallest absolute Gasteiger partial charge is 0.217 e. The van der Waals surface area contributed by atoms with Crippen molar-refractivity contribution in [2.45, 2.75) is 32.9 Å². The first kappa shape index (κ1) is 17.0. The summed E-state index contributed by atoms with van der Waals surface area (Å²) in [5.74, 6) is -1.30. The minimum absolute atomic E-state index is 0.137. The molecule has 0 aliphatic heterocycles. The maximum absolute atomic E-state index is 13.3. The topological polar surface area (TPSA) is 80.0 Å². The predicted octanol–water partition coefficient (Wildman–Crippen LogP) is 1.28. The summed E-state index contributed by atoms with van der Waals surface area (Å²) < 4.78 is 27.9. The number of nitrogens with one attached hydrogen (secondary N) is 1. The van der Waals surface area contributed by atoms with Crippen LogP contribution in [0.4, 0.5) is 8.78 Å². The molecule has 0 aliphatic carbocycles. The second-order valence-corrected chi connectivity index (χ2v) is 5.23. The molecule has 0 unspecified atom stereocenters. The van der Waals surface area contributed by atoms with E-state index in [1.165, 1.54) is 17.7 Å². The molecule has 0 bridgehead atoms. The fourth-order valence-electron chi connectivity index (χ4n) is 2.23. The Morgan fingerprint density at radius 1 is 1.39 bits per heavy atom. The molecule has 1 aromatic heterocycles. The van der Waals surface area contributed by atoms with E-state index in [2.05, 4.69) is 15.4 Å². The van der Waals surface area contributed by atoms with Crippen LogP contribution in [-0.2, 0) is 17.8 Å². The molecular formula is C15H18F2N4O2. The molecule has 1 atom stereocenters. The van der Waals surface area contributed by atoms with Crippen LogP contribution in [0.1, 0.15) is 19.7 Å². The van der Waals surface area contributed by atoms with E-state index in [1.807, 2.05) is 6.92 Å². The Labute approximate surface area is 132 Å². The van der Waals surface area contributed by atoms with Crippen LogP contribution in [0.25, 0.3) is 11.4 Å². The third-order valence-electron chi connectivity index (χ3n) is 3.18. The Bertz CT molecular complexity index is 703. The van der Waals surface area contributed by atoms with E-state index < -0.39 is 11.6 Å². The first-order valence-electron chi connectivity index (χ1n) is 7.17. The number of halogens is 2. The van der Waals surface area contributed by atoms with Gasteiger partial charge >= 0.3 is 0 Å². The van der Waals surface area contributed by atoms with Gasteiger partial charge < -0.3 is 10.4 Å². The minimum atomic E-state index is -0.978. The lowest BCUT2D eigenvalue weighted by atomic mass is 10.2. The summed E-state index contributed by atoms with van der Waals surface area (Å²) in [7, 11) is 0. The maximum atomic E-state index is 13.3. The monoisotopic (exact) mass is 324 g/mol. The number of rotatable bonds is 6. The van der Waals surface area contributed by atoms with E-state index in [0.29, 0.717) is 17.8 Å². The molecule has 2 aromatic rings. The highest BCUT2D eigenvalue weighted by Crippen LogP contribution is 2.19. The van der Waals surface area contributed by atoms with E-state index in [4.69, 9.17) is 5.11 Å². The number of aliphatic hydroxyl groups is 1. The van der Waals surface area contributed by atoms with Crippen LogP contribution in [0, 0.1) is 11.6 Å². The van der Waals surface area contributed by atoms with Crippen LogP contribution in [0.3, 0.4) is 0 Å². The van der Waals surface area contributed by atoms with Crippen LogP contribution in [0.5, 0.6) is 0 Å². The Balaban J connectivity index is 2.29. The molecule has 1 amide bonds. The van der Waals surface area contributed by atoms with Crippen molar-refractivity contribution >= 4 is 5.91 Å². The molecule has 1 aromatic carbocycles. The standard InChI is InChI=1S/C15H18F2N4O2/c1-9(18-10(2)23)7-14-19-15(20-21(14)5-6-22)11-3-4-12(16)13(17)8-11/h3-4,8-9,22H,5-7H2,1-2H3,(H,18,23)/t9-/m1/s1. The lowest BCUT2D eigenvalue weighted by Crippen LogP contribution is -2.33. The average Bonchev–Trinajstić information content (AvgIpc) is 2.84. The van der Waals surface area contributed by atoms with Gasteiger partial charge in [-0.15, -0.1) is 0 Å². The summed E-state index contributed by atoms with van der Waals surface area (Å²) in [6, 6.07) is 3.25. The number of hydrogen-bond donors (Lipinski definition) is 2. The molecule has 0 saturated heterocycles. The van der Waals surface area contributed by atoms with Crippen LogP contribution in [0.2, 0.25) is 0 Å². The van der Waals surface area contributed by atoms with Crippen LogP contribution < -0.4 is 5.32 Å². The van der Waals surface area contributed by atoms with Gasteiger partial charge in [-0.1, -0.05) is 0 Å². The van der Waals surface area contributed by atoms with Gasteiger partial charge in [-0.25, -0.2) is 18.4 Å². The van der Waals surface area contributed by atoms with Crippen molar-refractivity contribution in [3.05, 3.63) is 35.7 Å². The summed E-state index contributed by atoms with van der Waals surface area (Å²) in [5.41, 5.74) is 0.342. The van der Waals surface area contributed by atoms with Crippen molar-refractivity contribution in [1.29, 1.82) is 0 Å². The SMILES string of the molecule is CC(=O)N[C@H](C)Cc1nc(-c2ccc(F)c(F)c2)nn1CCO. The average molecular weight is 324 g/mol. The number of aliphatic hydroxyl groups excluding tert-OH is 1. The number of aromatic nitrogens is 3. The number of carbonyl (C=O) groups excluding carboxylic acids is 1. The molecule has 0 aliphatic rings. The lowest BCUT2D eigenvalue weighted by molar-refractivity contribution is -0.119. The number of benzene rings is 1. The van der Waals surface area contributed by atoms with Crippen molar-refractivity contribution in [2.24, 2.45) is 0 Å². The normalized spacial score (nSPS) is 12.2. The number of carbonyl (C=O) groups is 1. The van der Waals surface area contributed by atoms with E-state index in [0.717, 1.165) is 12.1 Å². The van der Waals surface area contributed by atoms with Crippen LogP contribution in [0.15, 0.2) is 18.2 Å². The highest BCUT2D eigenvalue weighted by Gasteiger charge is 2.16. The molecule has 2 rings (SSSR count). The number of nitrogens with zero attached hydrogens (tertiary/aromatic N) is 3. The van der Waals surface area contributed by atoms with Crippen molar-refractivity contribution in [3.63, 3.8) is 0 Å². The van der Waals surface area contributed by atoms with Gasteiger partial charge in [-0.3, -0.25) is 4.79 Å². The van der Waals surface area contributed by atoms with Gasteiger partial charge in [0.2, 0.25) is 5.91 Å². The molecule has 2 N–H and O–H groups in total. The van der Waals surface area contributed by atoms with E-state index in [1.54, 1.807) is 0 Å². The van der Waals surface area contributed by atoms with Gasteiger partial charge in [-0.2, -0.15) is 5.10 Å². The maximum Gasteiger partial charge on any atom is 0.217 e. The quantitative estimate of drug-likeness (QED) is 0.839. The molecule has 6 nitrogen and oxygen atoms in total. The number of hydrogen-bond acceptors (Lipinski definition) is 4. The van der Waals surface area contributed by atoms with Gasteiger partial charge in [0.05, 0.1) is 13.2 Å². The summed E-state index contributed by atoms with van der Waals surface area (Å²) in [6.07, 6.45) is 0.399. The fourth-order valence-corrected chi connectivity index (χ4v) is 2.23. The summed E-state index contributed by atoms with van der Waals surface area (Å²) in [5, 5.41) is 16.1. The Morgan fingerprint density at radius 2 is 2.13 bits per heavy atom. The van der Waals surface area contributed by atoms with Crippen molar-refractivity contribution < 1.29 is 18.7 Å². The third kappa shape index (κ3) is 4.32. The Hall–Kier alpha value is -2.35. The summed E-state index contributed by atoms with van der Waals surface area (Å²) in [4.78, 5) is 15.4. The van der Waals surface area contributed by atoms with Crippen LogP contribution in [-0.4, -0.2) is 38.4 Å². The lowest BCUT2D eigenvalue weighted by Gasteiger charge is -2.12. The molecule has 0 saturated carbocycles. The zero-order chi connectivity index (χ0) is 17.0. The van der Waals surface area contributed by atoms with Crippen molar-refractivity contribution in [2.75, 3.05) is 6.61 Å². The molecular weight excluding hydrogens is 306 g/mol. The summed E-state index contributed by atoms with van der Waals surface area (Å²) in [6.45, 7) is 3.32. The van der Waals surface area contributed by atoms with Crippen molar-refractivity contribution in [1.82, 2.24) is 20.1 Å². The third-order valence-corrected chi connectivity index (χ3v) is 3.18. The predicted molar refractivity (Wildman–Crippen MR) is 79.4 cm³/mol. The van der Waals surface area contributed by atoms with Gasteiger partial charge in [0, 0.05) is 24.9 Å². The molecule has 0 fully saturated rings. The van der Waals surface area contributed by atoms with Gasteiger partial charge in [0.1, 0.15) is 5.82 Å². The highest BCUT2D eigenvalue weighted by molar-refractivity contribution is 5.73. The zero-order valence-corrected chi connectivity index (χ0v) is 12.9. The van der Waals surface area contributed by atoms with E-state index in [-0.39, 0.29) is 30.9 Å². The van der Waals surface area contributed by atoms with Crippen LogP contribution >= 0.6 is 0 Å². The molecule has 8 heteroatoms. The largest absolute Gasteiger partial charge is 0.394 e. The Kier molecular flexibility index (Phi) is 5.38. The minimum Gasteiger partial charge on any atom is -0.394 e. The van der Waals surface area contributed by atoms with Crippen molar-refractivity contribution in [3.8, 4) is 11.4 Å². The van der Waals surface area contributed by atoms with E-state index >= 15 is 0 Å². The zero-order valence-electron chi connectivity index (χ0n) is 12.9.